The molecule has 1 fully saturated rings. The van der Waals surface area contributed by atoms with Gasteiger partial charge in [0.25, 0.3) is 5.91 Å². The van der Waals surface area contributed by atoms with Crippen LogP contribution in [0.4, 0.5) is 26.3 Å². The molecular weight excluding hydrogens is 338 g/mol. The standard InChI is InChI=1S/C15H16F6N2O/c16-14(17,18)11-4-10(5-12(6-11)15(19,20)21)13(24)23-8-9-2-1-3-22-7-9/h4-6,9,22H,1-3,7-8H2,(H,23,24). The fraction of sp³-hybridized carbons (Fsp3) is 0.533. The van der Waals surface area contributed by atoms with Crippen LogP contribution in [0.2, 0.25) is 0 Å². The molecule has 0 saturated carbocycles. The Balaban J connectivity index is 2.19. The Morgan fingerprint density at radius 1 is 1.08 bits per heavy atom. The molecule has 0 bridgehead atoms. The molecule has 1 aromatic carbocycles. The first-order valence-corrected chi connectivity index (χ1v) is 7.36. The van der Waals surface area contributed by atoms with Crippen LogP contribution in [0, 0.1) is 5.92 Å². The summed E-state index contributed by atoms with van der Waals surface area (Å²) < 4.78 is 76.6. The second-order valence-electron chi connectivity index (χ2n) is 5.72. The number of nitrogens with one attached hydrogen (secondary N) is 2. The first-order chi connectivity index (χ1) is 11.1. The van der Waals surface area contributed by atoms with E-state index < -0.39 is 35.0 Å². The Morgan fingerprint density at radius 2 is 1.67 bits per heavy atom. The molecule has 1 aliphatic rings. The third-order valence-electron chi connectivity index (χ3n) is 3.80. The van der Waals surface area contributed by atoms with E-state index in [-0.39, 0.29) is 18.5 Å². The van der Waals surface area contributed by atoms with Crippen molar-refractivity contribution in [2.75, 3.05) is 19.6 Å². The van der Waals surface area contributed by atoms with Crippen LogP contribution in [0.5, 0.6) is 0 Å². The van der Waals surface area contributed by atoms with Gasteiger partial charge in [0.1, 0.15) is 0 Å². The van der Waals surface area contributed by atoms with Gasteiger partial charge in [-0.25, -0.2) is 0 Å². The van der Waals surface area contributed by atoms with Crippen molar-refractivity contribution in [1.29, 1.82) is 0 Å². The number of rotatable bonds is 3. The fourth-order valence-electron chi connectivity index (χ4n) is 2.52. The summed E-state index contributed by atoms with van der Waals surface area (Å²) in [6, 6.07) is 0.870. The number of alkyl halides is 6. The molecular formula is C15H16F6N2O. The van der Waals surface area contributed by atoms with Crippen LogP contribution >= 0.6 is 0 Å². The van der Waals surface area contributed by atoms with Gasteiger partial charge >= 0.3 is 12.4 Å². The molecule has 2 N–H and O–H groups in total. The van der Waals surface area contributed by atoms with Crippen LogP contribution in [0.15, 0.2) is 18.2 Å². The highest BCUT2D eigenvalue weighted by molar-refractivity contribution is 5.94. The topological polar surface area (TPSA) is 41.1 Å². The molecule has 0 radical (unpaired) electrons. The van der Waals surface area contributed by atoms with Gasteiger partial charge in [0, 0.05) is 12.1 Å². The van der Waals surface area contributed by atoms with E-state index in [1.165, 1.54) is 0 Å². The second kappa shape index (κ2) is 7.00. The van der Waals surface area contributed by atoms with Crippen molar-refractivity contribution in [3.05, 3.63) is 34.9 Å². The summed E-state index contributed by atoms with van der Waals surface area (Å²) in [5.41, 5.74) is -3.65. The lowest BCUT2D eigenvalue weighted by atomic mass is 9.99. The minimum Gasteiger partial charge on any atom is -0.352 e. The van der Waals surface area contributed by atoms with Crippen molar-refractivity contribution >= 4 is 5.91 Å². The van der Waals surface area contributed by atoms with E-state index in [4.69, 9.17) is 0 Å². The van der Waals surface area contributed by atoms with Gasteiger partial charge in [0.15, 0.2) is 0 Å². The number of amides is 1. The quantitative estimate of drug-likeness (QED) is 0.817. The lowest BCUT2D eigenvalue weighted by molar-refractivity contribution is -0.143. The Kier molecular flexibility index (Phi) is 5.42. The van der Waals surface area contributed by atoms with Gasteiger partial charge in [0.05, 0.1) is 11.1 Å². The zero-order chi connectivity index (χ0) is 18.0. The van der Waals surface area contributed by atoms with Gasteiger partial charge in [-0.1, -0.05) is 0 Å². The summed E-state index contributed by atoms with van der Waals surface area (Å²) in [4.78, 5) is 12.0. The van der Waals surface area contributed by atoms with Gasteiger partial charge in [-0.05, 0) is 50.0 Å². The first-order valence-electron chi connectivity index (χ1n) is 7.36. The van der Waals surface area contributed by atoms with Crippen molar-refractivity contribution in [2.45, 2.75) is 25.2 Å². The molecule has 0 spiro atoms. The summed E-state index contributed by atoms with van der Waals surface area (Å²) in [7, 11) is 0. The van der Waals surface area contributed by atoms with E-state index in [1.54, 1.807) is 0 Å². The van der Waals surface area contributed by atoms with Crippen LogP contribution < -0.4 is 10.6 Å². The van der Waals surface area contributed by atoms with E-state index in [9.17, 15) is 31.1 Å². The Labute approximate surface area is 134 Å². The maximum absolute atomic E-state index is 12.8. The highest BCUT2D eigenvalue weighted by Crippen LogP contribution is 2.36. The molecule has 1 atom stereocenters. The highest BCUT2D eigenvalue weighted by Gasteiger charge is 2.37. The van der Waals surface area contributed by atoms with Crippen LogP contribution in [0.3, 0.4) is 0 Å². The third kappa shape index (κ3) is 4.86. The van der Waals surface area contributed by atoms with E-state index in [1.807, 2.05) is 0 Å². The molecule has 1 amide bonds. The normalized spacial score (nSPS) is 19.2. The van der Waals surface area contributed by atoms with Gasteiger partial charge in [-0.3, -0.25) is 4.79 Å². The number of hydrogen-bond acceptors (Lipinski definition) is 2. The van der Waals surface area contributed by atoms with Crippen molar-refractivity contribution < 1.29 is 31.1 Å². The average Bonchev–Trinajstić information content (AvgIpc) is 2.51. The number of hydrogen-bond donors (Lipinski definition) is 2. The van der Waals surface area contributed by atoms with Crippen molar-refractivity contribution in [2.24, 2.45) is 5.92 Å². The van der Waals surface area contributed by atoms with E-state index >= 15 is 0 Å². The van der Waals surface area contributed by atoms with Crippen LogP contribution in [-0.4, -0.2) is 25.5 Å². The lowest BCUT2D eigenvalue weighted by Gasteiger charge is -2.23. The molecule has 9 heteroatoms. The summed E-state index contributed by atoms with van der Waals surface area (Å²) in [5, 5.41) is 5.52. The van der Waals surface area contributed by atoms with Gasteiger partial charge in [0.2, 0.25) is 0 Å². The molecule has 2 rings (SSSR count). The highest BCUT2D eigenvalue weighted by atomic mass is 19.4. The molecule has 3 nitrogen and oxygen atoms in total. The first kappa shape index (κ1) is 18.6. The second-order valence-corrected chi connectivity index (χ2v) is 5.72. The minimum absolute atomic E-state index is 0.00182. The average molecular weight is 354 g/mol. The zero-order valence-electron chi connectivity index (χ0n) is 12.5. The molecule has 24 heavy (non-hydrogen) atoms. The van der Waals surface area contributed by atoms with Crippen molar-refractivity contribution in [3.63, 3.8) is 0 Å². The number of carbonyl (C=O) groups is 1. The van der Waals surface area contributed by atoms with Gasteiger partial charge < -0.3 is 10.6 Å². The maximum atomic E-state index is 12.8. The Morgan fingerprint density at radius 3 is 2.12 bits per heavy atom. The fourth-order valence-corrected chi connectivity index (χ4v) is 2.52. The monoisotopic (exact) mass is 354 g/mol. The number of halogens is 6. The SMILES string of the molecule is O=C(NCC1CCCNC1)c1cc(C(F)(F)F)cc(C(F)(F)F)c1. The summed E-state index contributed by atoms with van der Waals surface area (Å²) in [6.07, 6.45) is -8.20. The molecule has 0 aliphatic carbocycles. The van der Waals surface area contributed by atoms with Crippen LogP contribution in [-0.2, 0) is 12.4 Å². The molecule has 134 valence electrons. The lowest BCUT2D eigenvalue weighted by Crippen LogP contribution is -2.38. The summed E-state index contributed by atoms with van der Waals surface area (Å²) >= 11 is 0. The van der Waals surface area contributed by atoms with Crippen LogP contribution in [0.1, 0.15) is 34.3 Å². The van der Waals surface area contributed by atoms with Crippen LogP contribution in [0.25, 0.3) is 0 Å². The van der Waals surface area contributed by atoms with Gasteiger partial charge in [-0.15, -0.1) is 0 Å². The summed E-state index contributed by atoms with van der Waals surface area (Å²) in [5.74, 6) is -0.840. The largest absolute Gasteiger partial charge is 0.416 e. The molecule has 0 aromatic heterocycles. The van der Waals surface area contributed by atoms with E-state index in [2.05, 4.69) is 10.6 Å². The Bertz CT molecular complexity index is 558. The third-order valence-corrected chi connectivity index (χ3v) is 3.80. The molecule has 1 aromatic rings. The number of piperidine rings is 1. The minimum atomic E-state index is -4.97. The maximum Gasteiger partial charge on any atom is 0.416 e. The van der Waals surface area contributed by atoms with E-state index in [0.29, 0.717) is 18.7 Å². The predicted molar refractivity (Wildman–Crippen MR) is 74.4 cm³/mol. The van der Waals surface area contributed by atoms with E-state index in [0.717, 1.165) is 19.4 Å². The van der Waals surface area contributed by atoms with Crippen molar-refractivity contribution in [3.8, 4) is 0 Å². The predicted octanol–water partition coefficient (Wildman–Crippen LogP) is 3.45. The smallest absolute Gasteiger partial charge is 0.352 e. The number of carbonyl (C=O) groups excluding carboxylic acids is 1. The Hall–Kier alpha value is -1.77. The van der Waals surface area contributed by atoms with Gasteiger partial charge in [-0.2, -0.15) is 26.3 Å². The zero-order valence-corrected chi connectivity index (χ0v) is 12.5. The van der Waals surface area contributed by atoms with Crippen molar-refractivity contribution in [1.82, 2.24) is 10.6 Å². The molecule has 1 unspecified atom stereocenters. The molecule has 1 heterocycles. The summed E-state index contributed by atoms with van der Waals surface area (Å²) in [6.45, 7) is 1.70. The number of benzene rings is 1. The molecule has 1 saturated heterocycles. The molecule has 1 aliphatic heterocycles.